The number of fused-ring (bicyclic) bond motifs is 1. The highest BCUT2D eigenvalue weighted by atomic mass is 16.3. The Morgan fingerprint density at radius 1 is 1.10 bits per heavy atom. The number of amides is 3. The van der Waals surface area contributed by atoms with E-state index in [1.165, 1.54) is 6.33 Å². The van der Waals surface area contributed by atoms with Gasteiger partial charge in [-0.1, -0.05) is 30.3 Å². The number of hydrogen-bond acceptors (Lipinski definition) is 6. The highest BCUT2D eigenvalue weighted by Crippen LogP contribution is 2.15. The van der Waals surface area contributed by atoms with Gasteiger partial charge in [-0.25, -0.2) is 4.98 Å². The number of rotatable bonds is 7. The number of nitrogens with zero attached hydrogens (tertiary/aromatic N) is 1. The summed E-state index contributed by atoms with van der Waals surface area (Å²) < 4.78 is 0. The summed E-state index contributed by atoms with van der Waals surface area (Å²) in [4.78, 5) is 43.6. The summed E-state index contributed by atoms with van der Waals surface area (Å²) in [5.74, 6) is -2.10. The molecule has 1 aromatic heterocycles. The molecule has 2 atom stereocenters. The second kappa shape index (κ2) is 9.09. The molecule has 6 N–H and O–H groups in total. The minimum atomic E-state index is -1.31. The van der Waals surface area contributed by atoms with Crippen molar-refractivity contribution < 1.29 is 19.5 Å². The van der Waals surface area contributed by atoms with Crippen molar-refractivity contribution in [1.29, 1.82) is 0 Å². The quantitative estimate of drug-likeness (QED) is 0.376. The first-order chi connectivity index (χ1) is 14.0. The van der Waals surface area contributed by atoms with Gasteiger partial charge in [-0.2, -0.15) is 0 Å². The van der Waals surface area contributed by atoms with Crippen LogP contribution in [-0.4, -0.2) is 51.5 Å². The highest BCUT2D eigenvalue weighted by molar-refractivity contribution is 6.08. The topological polar surface area (TPSA) is 150 Å². The molecule has 0 aliphatic heterocycles. The number of H-pyrrole nitrogens is 1. The summed E-state index contributed by atoms with van der Waals surface area (Å²) in [5.41, 5.74) is 6.68. The van der Waals surface area contributed by atoms with Crippen molar-refractivity contribution in [2.75, 3.05) is 6.61 Å². The van der Waals surface area contributed by atoms with Crippen molar-refractivity contribution in [2.24, 2.45) is 5.73 Å². The molecule has 3 aromatic rings. The van der Waals surface area contributed by atoms with Gasteiger partial charge in [0.2, 0.25) is 5.91 Å². The molecule has 0 unspecified atom stereocenters. The second-order valence-corrected chi connectivity index (χ2v) is 6.50. The molecule has 0 aliphatic carbocycles. The summed E-state index contributed by atoms with van der Waals surface area (Å²) in [6.07, 6.45) is 3.22. The van der Waals surface area contributed by atoms with E-state index in [9.17, 15) is 19.5 Å². The van der Waals surface area contributed by atoms with Gasteiger partial charge in [-0.05, 0) is 22.9 Å². The van der Waals surface area contributed by atoms with Gasteiger partial charge >= 0.3 is 0 Å². The summed E-state index contributed by atoms with van der Waals surface area (Å²) in [6.45, 7) is -0.683. The monoisotopic (exact) mass is 395 g/mol. The molecule has 0 spiro atoms. The van der Waals surface area contributed by atoms with E-state index in [1.54, 1.807) is 24.4 Å². The van der Waals surface area contributed by atoms with Gasteiger partial charge in [-0.15, -0.1) is 0 Å². The highest BCUT2D eigenvalue weighted by Gasteiger charge is 2.25. The smallest absolute Gasteiger partial charge is 0.257 e. The van der Waals surface area contributed by atoms with E-state index in [0.29, 0.717) is 5.69 Å². The van der Waals surface area contributed by atoms with E-state index >= 15 is 0 Å². The maximum Gasteiger partial charge on any atom is 0.257 e. The zero-order valence-electron chi connectivity index (χ0n) is 15.5. The number of aliphatic hydroxyl groups excluding tert-OH is 1. The molecule has 150 valence electrons. The number of nitrogens with one attached hydrogen (secondary N) is 3. The normalized spacial score (nSPS) is 12.9. The fraction of sp³-hybridized carbons (Fsp3) is 0.200. The number of hydrogen-bond donors (Lipinski definition) is 5. The predicted molar refractivity (Wildman–Crippen MR) is 106 cm³/mol. The van der Waals surface area contributed by atoms with Crippen LogP contribution in [0.4, 0.5) is 0 Å². The van der Waals surface area contributed by atoms with Gasteiger partial charge in [0.25, 0.3) is 11.8 Å². The third-order valence-electron chi connectivity index (χ3n) is 4.38. The van der Waals surface area contributed by atoms with Gasteiger partial charge < -0.3 is 21.1 Å². The van der Waals surface area contributed by atoms with Crippen LogP contribution in [0.25, 0.3) is 10.8 Å². The molecule has 2 aromatic carbocycles. The van der Waals surface area contributed by atoms with E-state index in [-0.39, 0.29) is 12.0 Å². The lowest BCUT2D eigenvalue weighted by Gasteiger charge is -2.18. The van der Waals surface area contributed by atoms with Crippen LogP contribution in [0.2, 0.25) is 0 Å². The van der Waals surface area contributed by atoms with Gasteiger partial charge in [0.05, 0.1) is 24.7 Å². The zero-order chi connectivity index (χ0) is 20.8. The molecule has 1 heterocycles. The van der Waals surface area contributed by atoms with Crippen LogP contribution in [0.1, 0.15) is 16.1 Å². The number of benzene rings is 2. The number of imidazole rings is 1. The van der Waals surface area contributed by atoms with E-state index in [1.807, 2.05) is 24.3 Å². The summed E-state index contributed by atoms with van der Waals surface area (Å²) in [5, 5.41) is 15.8. The Balaban J connectivity index is 1.60. The number of carbonyl (C=O) groups excluding carboxylic acids is 3. The van der Waals surface area contributed by atoms with Crippen molar-refractivity contribution >= 4 is 28.5 Å². The molecule has 9 heteroatoms. The number of aliphatic hydroxyl groups is 1. The van der Waals surface area contributed by atoms with E-state index in [0.717, 1.165) is 10.8 Å². The van der Waals surface area contributed by atoms with Gasteiger partial charge in [0.15, 0.2) is 0 Å². The first-order valence-corrected chi connectivity index (χ1v) is 8.96. The van der Waals surface area contributed by atoms with Crippen molar-refractivity contribution in [3.63, 3.8) is 0 Å². The van der Waals surface area contributed by atoms with Crippen molar-refractivity contribution in [2.45, 2.75) is 18.5 Å². The zero-order valence-corrected chi connectivity index (χ0v) is 15.5. The van der Waals surface area contributed by atoms with E-state index in [2.05, 4.69) is 20.6 Å². The number of nitrogens with two attached hydrogens (primary N) is 1. The van der Waals surface area contributed by atoms with Crippen LogP contribution >= 0.6 is 0 Å². The van der Waals surface area contributed by atoms with Crippen LogP contribution in [-0.2, 0) is 16.0 Å². The lowest BCUT2D eigenvalue weighted by molar-refractivity contribution is -0.130. The van der Waals surface area contributed by atoms with Gasteiger partial charge in [0, 0.05) is 18.2 Å². The molecule has 0 radical (unpaired) electrons. The fourth-order valence-electron chi connectivity index (χ4n) is 2.80. The third-order valence-corrected chi connectivity index (χ3v) is 4.38. The lowest BCUT2D eigenvalue weighted by Crippen LogP contribution is -2.54. The molecule has 29 heavy (non-hydrogen) atoms. The Morgan fingerprint density at radius 2 is 1.86 bits per heavy atom. The SMILES string of the molecule is N[C@@H](Cc1c[nH]cn1)C(=O)N[C@@H](CO)C(=O)NC(=O)c1ccc2ccccc2c1. The van der Waals surface area contributed by atoms with Gasteiger partial charge in [0.1, 0.15) is 6.04 Å². The fourth-order valence-corrected chi connectivity index (χ4v) is 2.80. The molecule has 0 bridgehead atoms. The average molecular weight is 395 g/mol. The molecular weight excluding hydrogens is 374 g/mol. The minimum absolute atomic E-state index is 0.158. The molecule has 0 aliphatic rings. The summed E-state index contributed by atoms with van der Waals surface area (Å²) in [7, 11) is 0. The first-order valence-electron chi connectivity index (χ1n) is 8.96. The van der Waals surface area contributed by atoms with Gasteiger partial charge in [-0.3, -0.25) is 19.7 Å². The number of aromatic nitrogens is 2. The Kier molecular flexibility index (Phi) is 6.32. The number of aromatic amines is 1. The maximum absolute atomic E-state index is 12.4. The number of imide groups is 1. The summed E-state index contributed by atoms with van der Waals surface area (Å²) in [6, 6.07) is 10.2. The van der Waals surface area contributed by atoms with Crippen LogP contribution in [0.5, 0.6) is 0 Å². The Labute approximate surface area is 166 Å². The largest absolute Gasteiger partial charge is 0.394 e. The molecule has 9 nitrogen and oxygen atoms in total. The number of carbonyl (C=O) groups is 3. The maximum atomic E-state index is 12.4. The van der Waals surface area contributed by atoms with Crippen molar-refractivity contribution in [3.05, 3.63) is 66.2 Å². The predicted octanol–water partition coefficient (Wildman–Crippen LogP) is -0.134. The van der Waals surface area contributed by atoms with E-state index in [4.69, 9.17) is 5.73 Å². The van der Waals surface area contributed by atoms with Crippen molar-refractivity contribution in [1.82, 2.24) is 20.6 Å². The average Bonchev–Trinajstić information content (AvgIpc) is 3.24. The molecule has 0 fully saturated rings. The minimum Gasteiger partial charge on any atom is -0.394 e. The Hall–Kier alpha value is -3.56. The molecule has 0 saturated heterocycles. The first kappa shape index (κ1) is 20.2. The van der Waals surface area contributed by atoms with Crippen LogP contribution in [0, 0.1) is 0 Å². The van der Waals surface area contributed by atoms with Crippen molar-refractivity contribution in [3.8, 4) is 0 Å². The van der Waals surface area contributed by atoms with Crippen LogP contribution < -0.4 is 16.4 Å². The molecule has 0 saturated carbocycles. The molecule has 3 amide bonds. The molecular formula is C20H21N5O4. The second-order valence-electron chi connectivity index (χ2n) is 6.50. The lowest BCUT2D eigenvalue weighted by atomic mass is 10.1. The standard InChI is InChI=1S/C20H21N5O4/c21-16(8-15-9-22-11-23-15)19(28)24-17(10-26)20(29)25-18(27)14-6-5-12-3-1-2-4-13(12)7-14/h1-7,9,11,16-17,26H,8,10,21H2,(H,22,23)(H,24,28)(H,25,27,29)/t16-,17-/m0/s1. The van der Waals surface area contributed by atoms with Crippen LogP contribution in [0.15, 0.2) is 55.0 Å². The van der Waals surface area contributed by atoms with Crippen LogP contribution in [0.3, 0.4) is 0 Å². The Morgan fingerprint density at radius 3 is 2.55 bits per heavy atom. The third kappa shape index (κ3) is 5.03. The Bertz CT molecular complexity index is 1020. The van der Waals surface area contributed by atoms with E-state index < -0.39 is 36.4 Å². The molecule has 3 rings (SSSR count). The summed E-state index contributed by atoms with van der Waals surface area (Å²) >= 11 is 0.